The summed E-state index contributed by atoms with van der Waals surface area (Å²) in [6.07, 6.45) is -7.67. The molecule has 0 radical (unpaired) electrons. The molecular weight excluding hydrogens is 499 g/mol. The molecule has 0 saturated carbocycles. The van der Waals surface area contributed by atoms with Crippen LogP contribution in [0.5, 0.6) is 5.75 Å². The summed E-state index contributed by atoms with van der Waals surface area (Å²) in [4.78, 5) is 0. The molecule has 0 aromatic heterocycles. The van der Waals surface area contributed by atoms with E-state index in [9.17, 15) is 39.5 Å². The highest BCUT2D eigenvalue weighted by molar-refractivity contribution is 5.33. The van der Waals surface area contributed by atoms with Gasteiger partial charge < -0.3 is 4.74 Å². The third-order valence-electron chi connectivity index (χ3n) is 5.47. The molecule has 0 unspecified atom stereocenters. The summed E-state index contributed by atoms with van der Waals surface area (Å²) in [7, 11) is 0. The number of hydrogen-bond donors (Lipinski definition) is 0. The van der Waals surface area contributed by atoms with Crippen LogP contribution in [-0.4, -0.2) is 0 Å². The zero-order valence-corrected chi connectivity index (χ0v) is 19.0. The van der Waals surface area contributed by atoms with E-state index in [4.69, 9.17) is 0 Å². The summed E-state index contributed by atoms with van der Waals surface area (Å²) in [6.45, 7) is 1.88. The summed E-state index contributed by atoms with van der Waals surface area (Å²) in [5.41, 5.74) is -2.78. The summed E-state index contributed by atoms with van der Waals surface area (Å²) >= 11 is 0. The van der Waals surface area contributed by atoms with E-state index in [-0.39, 0.29) is 24.0 Å². The molecule has 0 aliphatic rings. The lowest BCUT2D eigenvalue weighted by Gasteiger charge is -2.20. The molecule has 1 nitrogen and oxygen atoms in total. The van der Waals surface area contributed by atoms with E-state index < -0.39 is 52.4 Å². The van der Waals surface area contributed by atoms with Crippen molar-refractivity contribution in [2.75, 3.05) is 0 Å². The maximum Gasteiger partial charge on any atom is 0.432 e. The Labute approximate surface area is 201 Å². The molecule has 0 saturated heterocycles. The van der Waals surface area contributed by atoms with Gasteiger partial charge in [0.05, 0.1) is 0 Å². The average molecular weight is 520 g/mol. The Morgan fingerprint density at radius 3 is 1.53 bits per heavy atom. The van der Waals surface area contributed by atoms with Crippen molar-refractivity contribution in [3.63, 3.8) is 0 Å². The molecule has 0 atom stereocenters. The highest BCUT2D eigenvalue weighted by Gasteiger charge is 2.41. The van der Waals surface area contributed by atoms with E-state index in [0.29, 0.717) is 30.5 Å². The van der Waals surface area contributed by atoms with Crippen LogP contribution in [0.4, 0.5) is 39.5 Å². The van der Waals surface area contributed by atoms with Gasteiger partial charge in [0.2, 0.25) is 0 Å². The van der Waals surface area contributed by atoms with E-state index in [1.807, 2.05) is 6.92 Å². The van der Waals surface area contributed by atoms with Gasteiger partial charge in [0.1, 0.15) is 40.1 Å². The van der Waals surface area contributed by atoms with Gasteiger partial charge in [-0.3, -0.25) is 0 Å². The minimum Gasteiger partial charge on any atom is -0.429 e. The monoisotopic (exact) mass is 520 g/mol. The number of alkyl halides is 5. The molecule has 0 fully saturated rings. The SMILES string of the molecule is CCCCc1cc(F)c(C(F)(F)Oc2ccc(CCc3cc(F)c(C(F)(F)F)c(F)c3)cc2)c(F)c1. The zero-order chi connectivity index (χ0) is 26.7. The summed E-state index contributed by atoms with van der Waals surface area (Å²) in [5, 5.41) is 0. The summed E-state index contributed by atoms with van der Waals surface area (Å²) in [5.74, 6) is -6.73. The van der Waals surface area contributed by atoms with Crippen LogP contribution < -0.4 is 4.74 Å². The second-order valence-corrected chi connectivity index (χ2v) is 8.23. The Bertz CT molecular complexity index is 1160. The molecule has 0 aliphatic heterocycles. The molecule has 194 valence electrons. The van der Waals surface area contributed by atoms with Crippen LogP contribution in [0.2, 0.25) is 0 Å². The predicted octanol–water partition coefficient (Wildman–Crippen LogP) is 8.52. The van der Waals surface area contributed by atoms with Crippen molar-refractivity contribution in [1.29, 1.82) is 0 Å². The lowest BCUT2D eigenvalue weighted by Crippen LogP contribution is -2.25. The van der Waals surface area contributed by atoms with Crippen molar-refractivity contribution >= 4 is 0 Å². The van der Waals surface area contributed by atoms with E-state index in [2.05, 4.69) is 4.74 Å². The number of unbranched alkanes of at least 4 members (excludes halogenated alkanes) is 1. The lowest BCUT2D eigenvalue weighted by atomic mass is 10.0. The maximum absolute atomic E-state index is 14.6. The standard InChI is InChI=1S/C26H21F9O/c1-2-3-4-16-11-21(29)24(22(30)12-16)26(34,35)36-18-9-7-15(8-10-18)5-6-17-13-19(27)23(20(28)14-17)25(31,32)33/h7-14H,2-6H2,1H3. The van der Waals surface area contributed by atoms with Crippen molar-refractivity contribution in [3.05, 3.63) is 99.6 Å². The van der Waals surface area contributed by atoms with Gasteiger partial charge in [0.15, 0.2) is 0 Å². The Hall–Kier alpha value is -3.17. The second kappa shape index (κ2) is 10.8. The zero-order valence-electron chi connectivity index (χ0n) is 19.0. The average Bonchev–Trinajstić information content (AvgIpc) is 2.75. The Kier molecular flexibility index (Phi) is 8.26. The molecular formula is C26H21F9O. The lowest BCUT2D eigenvalue weighted by molar-refractivity contribution is -0.189. The third kappa shape index (κ3) is 6.53. The minimum absolute atomic E-state index is 0.0295. The molecule has 0 bridgehead atoms. The van der Waals surface area contributed by atoms with Crippen molar-refractivity contribution in [2.24, 2.45) is 0 Å². The predicted molar refractivity (Wildman–Crippen MR) is 115 cm³/mol. The van der Waals surface area contributed by atoms with Gasteiger partial charge >= 0.3 is 12.3 Å². The first kappa shape index (κ1) is 27.4. The highest BCUT2D eigenvalue weighted by Crippen LogP contribution is 2.36. The molecule has 0 aliphatic carbocycles. The smallest absolute Gasteiger partial charge is 0.429 e. The van der Waals surface area contributed by atoms with Gasteiger partial charge in [-0.15, -0.1) is 0 Å². The Balaban J connectivity index is 1.69. The molecule has 3 aromatic rings. The van der Waals surface area contributed by atoms with E-state index in [1.165, 1.54) is 12.1 Å². The van der Waals surface area contributed by atoms with Crippen molar-refractivity contribution < 1.29 is 44.3 Å². The summed E-state index contributed by atoms with van der Waals surface area (Å²) < 4.78 is 128. The fourth-order valence-electron chi connectivity index (χ4n) is 3.68. The number of halogens is 9. The number of ether oxygens (including phenoxy) is 1. The van der Waals surface area contributed by atoms with E-state index >= 15 is 0 Å². The molecule has 0 heterocycles. The minimum atomic E-state index is -5.17. The van der Waals surface area contributed by atoms with Crippen LogP contribution in [0.25, 0.3) is 0 Å². The van der Waals surface area contributed by atoms with Crippen LogP contribution in [0.15, 0.2) is 48.5 Å². The van der Waals surface area contributed by atoms with Gasteiger partial charge in [-0.2, -0.15) is 22.0 Å². The molecule has 36 heavy (non-hydrogen) atoms. The largest absolute Gasteiger partial charge is 0.432 e. The van der Waals surface area contributed by atoms with Gasteiger partial charge in [-0.05, 0) is 78.8 Å². The van der Waals surface area contributed by atoms with E-state index in [1.54, 1.807) is 0 Å². The fraction of sp³-hybridized carbons (Fsp3) is 0.308. The van der Waals surface area contributed by atoms with Crippen LogP contribution in [0, 0.1) is 23.3 Å². The first-order valence-corrected chi connectivity index (χ1v) is 11.0. The fourth-order valence-corrected chi connectivity index (χ4v) is 3.68. The van der Waals surface area contributed by atoms with E-state index in [0.717, 1.165) is 30.7 Å². The molecule has 0 spiro atoms. The Morgan fingerprint density at radius 2 is 1.06 bits per heavy atom. The number of aryl methyl sites for hydroxylation is 3. The molecule has 0 N–H and O–H groups in total. The topological polar surface area (TPSA) is 9.23 Å². The van der Waals surface area contributed by atoms with Crippen LogP contribution in [-0.2, 0) is 31.5 Å². The maximum atomic E-state index is 14.6. The van der Waals surface area contributed by atoms with Gasteiger partial charge in [-0.25, -0.2) is 17.6 Å². The number of rotatable bonds is 9. The van der Waals surface area contributed by atoms with Crippen LogP contribution in [0.1, 0.15) is 47.6 Å². The number of hydrogen-bond acceptors (Lipinski definition) is 1. The normalized spacial score (nSPS) is 12.2. The van der Waals surface area contributed by atoms with Gasteiger partial charge in [0.25, 0.3) is 0 Å². The molecule has 3 aromatic carbocycles. The quantitative estimate of drug-likeness (QED) is 0.257. The molecule has 3 rings (SSSR count). The van der Waals surface area contributed by atoms with Crippen molar-refractivity contribution in [1.82, 2.24) is 0 Å². The Morgan fingerprint density at radius 1 is 0.611 bits per heavy atom. The highest BCUT2D eigenvalue weighted by atomic mass is 19.4. The van der Waals surface area contributed by atoms with Crippen molar-refractivity contribution in [3.8, 4) is 5.75 Å². The third-order valence-corrected chi connectivity index (χ3v) is 5.47. The first-order valence-electron chi connectivity index (χ1n) is 11.0. The van der Waals surface area contributed by atoms with Gasteiger partial charge in [0, 0.05) is 0 Å². The molecule has 10 heteroatoms. The molecule has 0 amide bonds. The second-order valence-electron chi connectivity index (χ2n) is 8.23. The van der Waals surface area contributed by atoms with Gasteiger partial charge in [-0.1, -0.05) is 25.5 Å². The number of benzene rings is 3. The van der Waals surface area contributed by atoms with Crippen LogP contribution in [0.3, 0.4) is 0 Å². The van der Waals surface area contributed by atoms with Crippen molar-refractivity contribution in [2.45, 2.75) is 51.3 Å². The first-order chi connectivity index (χ1) is 16.8. The summed E-state index contributed by atoms with van der Waals surface area (Å²) in [6, 6.07) is 7.76. The van der Waals surface area contributed by atoms with Crippen LogP contribution >= 0.6 is 0 Å².